The highest BCUT2D eigenvalue weighted by Gasteiger charge is 2.10. The lowest BCUT2D eigenvalue weighted by Crippen LogP contribution is -2.24. The standard InChI is InChI=1S/C22H32N2O2/c1-5-8-9-15-26-20-13-14-24(22(25)16-20)17-19-11-10-12-21(18(19)4)23(6-2)7-3/h10-14,16H,5-9,15,17H2,1-4H3. The first-order valence-electron chi connectivity index (χ1n) is 9.77. The third kappa shape index (κ3) is 5.13. The number of unbranched alkanes of at least 4 members (excludes halogenated alkanes) is 2. The van der Waals surface area contributed by atoms with Crippen molar-refractivity contribution >= 4 is 5.69 Å². The van der Waals surface area contributed by atoms with Crippen molar-refractivity contribution in [3.8, 4) is 5.75 Å². The molecule has 0 saturated carbocycles. The van der Waals surface area contributed by atoms with Crippen LogP contribution in [0.4, 0.5) is 5.69 Å². The van der Waals surface area contributed by atoms with E-state index in [1.165, 1.54) is 16.8 Å². The lowest BCUT2D eigenvalue weighted by molar-refractivity contribution is 0.305. The Balaban J connectivity index is 2.14. The predicted octanol–water partition coefficient (Wildman–Crippen LogP) is 4.62. The molecule has 1 heterocycles. The monoisotopic (exact) mass is 356 g/mol. The predicted molar refractivity (Wildman–Crippen MR) is 110 cm³/mol. The Kier molecular flexibility index (Phi) is 7.76. The summed E-state index contributed by atoms with van der Waals surface area (Å²) in [5.74, 6) is 0.663. The summed E-state index contributed by atoms with van der Waals surface area (Å²) in [6, 6.07) is 9.81. The highest BCUT2D eigenvalue weighted by Crippen LogP contribution is 2.23. The Morgan fingerprint density at radius 1 is 1.08 bits per heavy atom. The minimum absolute atomic E-state index is 0.0226. The van der Waals surface area contributed by atoms with Crippen LogP contribution in [0, 0.1) is 6.92 Å². The molecule has 0 aliphatic carbocycles. The number of rotatable bonds is 10. The first-order valence-corrected chi connectivity index (χ1v) is 9.77. The summed E-state index contributed by atoms with van der Waals surface area (Å²) < 4.78 is 7.42. The van der Waals surface area contributed by atoms with Crippen LogP contribution >= 0.6 is 0 Å². The third-order valence-corrected chi connectivity index (χ3v) is 4.85. The van der Waals surface area contributed by atoms with E-state index in [4.69, 9.17) is 4.74 Å². The normalized spacial score (nSPS) is 10.8. The number of aromatic nitrogens is 1. The van der Waals surface area contributed by atoms with Crippen LogP contribution in [0.2, 0.25) is 0 Å². The first kappa shape index (κ1) is 20.1. The second-order valence-electron chi connectivity index (χ2n) is 6.62. The van der Waals surface area contributed by atoms with Gasteiger partial charge in [0.1, 0.15) is 5.75 Å². The summed E-state index contributed by atoms with van der Waals surface area (Å²) >= 11 is 0. The average molecular weight is 357 g/mol. The van der Waals surface area contributed by atoms with Crippen molar-refractivity contribution in [1.82, 2.24) is 4.57 Å². The summed E-state index contributed by atoms with van der Waals surface area (Å²) in [5.41, 5.74) is 3.64. The molecule has 2 aromatic rings. The fraction of sp³-hybridized carbons (Fsp3) is 0.500. The molecule has 1 aromatic heterocycles. The SMILES string of the molecule is CCCCCOc1ccn(Cc2cccc(N(CC)CC)c2C)c(=O)c1. The van der Waals surface area contributed by atoms with Gasteiger partial charge in [-0.05, 0) is 50.5 Å². The smallest absolute Gasteiger partial charge is 0.254 e. The lowest BCUT2D eigenvalue weighted by Gasteiger charge is -2.24. The molecule has 0 unspecified atom stereocenters. The molecule has 26 heavy (non-hydrogen) atoms. The highest BCUT2D eigenvalue weighted by atomic mass is 16.5. The van der Waals surface area contributed by atoms with Gasteiger partial charge in [0.25, 0.3) is 5.56 Å². The van der Waals surface area contributed by atoms with Crippen molar-refractivity contribution in [2.75, 3.05) is 24.6 Å². The number of pyridine rings is 1. The van der Waals surface area contributed by atoms with Crippen molar-refractivity contribution in [2.45, 2.75) is 53.5 Å². The van der Waals surface area contributed by atoms with Crippen LogP contribution in [0.3, 0.4) is 0 Å². The molecular weight excluding hydrogens is 324 g/mol. The molecule has 0 spiro atoms. The summed E-state index contributed by atoms with van der Waals surface area (Å²) in [7, 11) is 0. The molecule has 1 aromatic carbocycles. The van der Waals surface area contributed by atoms with E-state index in [1.54, 1.807) is 10.6 Å². The molecule has 0 amide bonds. The van der Waals surface area contributed by atoms with E-state index in [2.05, 4.69) is 50.8 Å². The molecule has 4 nitrogen and oxygen atoms in total. The highest BCUT2D eigenvalue weighted by molar-refractivity contribution is 5.56. The zero-order valence-corrected chi connectivity index (χ0v) is 16.6. The number of hydrogen-bond acceptors (Lipinski definition) is 3. The quantitative estimate of drug-likeness (QED) is 0.583. The largest absolute Gasteiger partial charge is 0.493 e. The summed E-state index contributed by atoms with van der Waals surface area (Å²) in [6.45, 7) is 11.8. The molecule has 0 atom stereocenters. The van der Waals surface area contributed by atoms with Crippen LogP contribution in [0.15, 0.2) is 41.3 Å². The first-order chi connectivity index (χ1) is 12.6. The van der Waals surface area contributed by atoms with E-state index in [-0.39, 0.29) is 5.56 Å². The van der Waals surface area contributed by atoms with E-state index in [9.17, 15) is 4.79 Å². The van der Waals surface area contributed by atoms with Gasteiger partial charge in [0.2, 0.25) is 0 Å². The number of hydrogen-bond donors (Lipinski definition) is 0. The van der Waals surface area contributed by atoms with Gasteiger partial charge < -0.3 is 14.2 Å². The van der Waals surface area contributed by atoms with Crippen molar-refractivity contribution < 1.29 is 4.74 Å². The fourth-order valence-corrected chi connectivity index (χ4v) is 3.18. The van der Waals surface area contributed by atoms with Crippen LogP contribution in [-0.4, -0.2) is 24.3 Å². The number of benzene rings is 1. The van der Waals surface area contributed by atoms with Gasteiger partial charge in [0.05, 0.1) is 13.2 Å². The second-order valence-corrected chi connectivity index (χ2v) is 6.62. The van der Waals surface area contributed by atoms with Crippen molar-refractivity contribution in [3.05, 3.63) is 58.0 Å². The van der Waals surface area contributed by atoms with Crippen LogP contribution < -0.4 is 15.2 Å². The molecule has 4 heteroatoms. The van der Waals surface area contributed by atoms with E-state index in [1.807, 2.05) is 12.3 Å². The Hall–Kier alpha value is -2.23. The Labute approximate surface area is 157 Å². The number of nitrogens with zero attached hydrogens (tertiary/aromatic N) is 2. The van der Waals surface area contributed by atoms with Crippen LogP contribution in [0.5, 0.6) is 5.75 Å². The molecule has 0 N–H and O–H groups in total. The van der Waals surface area contributed by atoms with E-state index in [0.717, 1.165) is 32.4 Å². The van der Waals surface area contributed by atoms with E-state index >= 15 is 0 Å². The summed E-state index contributed by atoms with van der Waals surface area (Å²) in [5, 5.41) is 0. The number of anilines is 1. The van der Waals surface area contributed by atoms with Crippen molar-refractivity contribution in [3.63, 3.8) is 0 Å². The maximum absolute atomic E-state index is 12.4. The molecule has 0 radical (unpaired) electrons. The molecule has 0 bridgehead atoms. The van der Waals surface area contributed by atoms with Crippen LogP contribution in [0.1, 0.15) is 51.2 Å². The third-order valence-electron chi connectivity index (χ3n) is 4.85. The molecule has 0 aliphatic rings. The molecule has 0 fully saturated rings. The molecule has 0 saturated heterocycles. The van der Waals surface area contributed by atoms with Crippen molar-refractivity contribution in [1.29, 1.82) is 0 Å². The molecule has 142 valence electrons. The minimum atomic E-state index is -0.0226. The minimum Gasteiger partial charge on any atom is -0.493 e. The fourth-order valence-electron chi connectivity index (χ4n) is 3.18. The Bertz CT molecular complexity index is 748. The second kappa shape index (κ2) is 10.0. The summed E-state index contributed by atoms with van der Waals surface area (Å²) in [6.07, 6.45) is 5.17. The molecule has 2 rings (SSSR count). The van der Waals surface area contributed by atoms with Gasteiger partial charge in [-0.25, -0.2) is 0 Å². The van der Waals surface area contributed by atoms with Gasteiger partial charge in [-0.3, -0.25) is 4.79 Å². The van der Waals surface area contributed by atoms with Gasteiger partial charge in [0, 0.05) is 31.0 Å². The summed E-state index contributed by atoms with van der Waals surface area (Å²) in [4.78, 5) is 14.8. The van der Waals surface area contributed by atoms with Gasteiger partial charge in [-0.15, -0.1) is 0 Å². The maximum Gasteiger partial charge on any atom is 0.254 e. The number of ether oxygens (including phenoxy) is 1. The van der Waals surface area contributed by atoms with Crippen molar-refractivity contribution in [2.24, 2.45) is 0 Å². The average Bonchev–Trinajstić information content (AvgIpc) is 2.64. The Morgan fingerprint density at radius 3 is 2.50 bits per heavy atom. The molecular formula is C22H32N2O2. The maximum atomic E-state index is 12.4. The van der Waals surface area contributed by atoms with E-state index in [0.29, 0.717) is 18.9 Å². The van der Waals surface area contributed by atoms with Gasteiger partial charge >= 0.3 is 0 Å². The van der Waals surface area contributed by atoms with Gasteiger partial charge in [0.15, 0.2) is 0 Å². The zero-order chi connectivity index (χ0) is 18.9. The molecule has 0 aliphatic heterocycles. The Morgan fingerprint density at radius 2 is 1.85 bits per heavy atom. The van der Waals surface area contributed by atoms with E-state index < -0.39 is 0 Å². The van der Waals surface area contributed by atoms with Gasteiger partial charge in [-0.1, -0.05) is 31.9 Å². The zero-order valence-electron chi connectivity index (χ0n) is 16.6. The van der Waals surface area contributed by atoms with Crippen LogP contribution in [-0.2, 0) is 6.54 Å². The topological polar surface area (TPSA) is 34.5 Å². The van der Waals surface area contributed by atoms with Crippen LogP contribution in [0.25, 0.3) is 0 Å². The van der Waals surface area contributed by atoms with Gasteiger partial charge in [-0.2, -0.15) is 0 Å². The lowest BCUT2D eigenvalue weighted by atomic mass is 10.1.